The van der Waals surface area contributed by atoms with E-state index in [1.807, 2.05) is 0 Å². The number of benzene rings is 7. The molecule has 6 heteroatoms. The van der Waals surface area contributed by atoms with Gasteiger partial charge in [0.15, 0.2) is 5.82 Å². The van der Waals surface area contributed by atoms with E-state index in [0.29, 0.717) is 17.7 Å². The zero-order valence-electron chi connectivity index (χ0n) is 27.2. The molecule has 0 bridgehead atoms. The molecular formula is C45H27N5S. The molecule has 0 atom stereocenters. The normalized spacial score (nSPS) is 11.9. The number of hydrogen-bond donors (Lipinski definition) is 0. The quantitative estimate of drug-likeness (QED) is 0.187. The second-order valence-electron chi connectivity index (χ2n) is 12.9. The van der Waals surface area contributed by atoms with Crippen molar-refractivity contribution in [1.82, 2.24) is 24.1 Å². The summed E-state index contributed by atoms with van der Waals surface area (Å²) in [6.07, 6.45) is 0. The Morgan fingerprint density at radius 3 is 1.57 bits per heavy atom. The van der Waals surface area contributed by atoms with Gasteiger partial charge in [-0.2, -0.15) is 15.0 Å². The highest BCUT2D eigenvalue weighted by Crippen LogP contribution is 2.40. The summed E-state index contributed by atoms with van der Waals surface area (Å²) in [5, 5.41) is 7.07. The van der Waals surface area contributed by atoms with Crippen molar-refractivity contribution in [3.8, 4) is 34.4 Å². The summed E-state index contributed by atoms with van der Waals surface area (Å²) in [5.74, 6) is 1.79. The topological polar surface area (TPSA) is 48.5 Å². The van der Waals surface area contributed by atoms with Crippen LogP contribution in [-0.2, 0) is 0 Å². The van der Waals surface area contributed by atoms with Gasteiger partial charge >= 0.3 is 0 Å². The number of aromatic nitrogens is 5. The standard InChI is InChI=1S/C45H27N5S/c1-2-13-28(14-3-1)29-25-26-33-32-17-6-10-23-39(32)50(40(33)27-29)45-47-43(36-20-12-19-35-34-18-7-11-24-41(34)51-42(35)36)46-44(48-45)49-37-21-8-4-15-30(37)31-16-5-9-22-38(31)49/h1-27H. The Balaban J connectivity index is 1.27. The van der Waals surface area contributed by atoms with E-state index in [0.717, 1.165) is 65.0 Å². The maximum absolute atomic E-state index is 5.38. The van der Waals surface area contributed by atoms with Gasteiger partial charge in [0.1, 0.15) is 0 Å². The number of nitrogens with zero attached hydrogens (tertiary/aromatic N) is 5. The molecule has 0 saturated carbocycles. The lowest BCUT2D eigenvalue weighted by Crippen LogP contribution is -2.10. The van der Waals surface area contributed by atoms with Gasteiger partial charge in [0.25, 0.3) is 0 Å². The average Bonchev–Trinajstić information content (AvgIpc) is 3.86. The smallest absolute Gasteiger partial charge is 0.240 e. The van der Waals surface area contributed by atoms with Gasteiger partial charge in [-0.05, 0) is 47.5 Å². The third-order valence-corrected chi connectivity index (χ3v) is 11.2. The summed E-state index contributed by atoms with van der Waals surface area (Å²) in [6.45, 7) is 0. The van der Waals surface area contributed by atoms with Crippen LogP contribution in [0, 0.1) is 0 Å². The van der Waals surface area contributed by atoms with E-state index in [-0.39, 0.29) is 0 Å². The van der Waals surface area contributed by atoms with Crippen LogP contribution >= 0.6 is 11.3 Å². The third kappa shape index (κ3) is 4.24. The average molecular weight is 670 g/mol. The Hall–Kier alpha value is -6.63. The van der Waals surface area contributed by atoms with Crippen LogP contribution in [-0.4, -0.2) is 24.1 Å². The van der Waals surface area contributed by atoms with Crippen LogP contribution in [0.15, 0.2) is 164 Å². The fourth-order valence-corrected chi connectivity index (χ4v) is 8.94. The second-order valence-corrected chi connectivity index (χ2v) is 13.9. The Morgan fingerprint density at radius 1 is 0.373 bits per heavy atom. The van der Waals surface area contributed by atoms with Crippen LogP contribution in [0.5, 0.6) is 0 Å². The molecule has 0 radical (unpaired) electrons. The fraction of sp³-hybridized carbons (Fsp3) is 0. The van der Waals surface area contributed by atoms with E-state index in [9.17, 15) is 0 Å². The van der Waals surface area contributed by atoms with E-state index < -0.39 is 0 Å². The van der Waals surface area contributed by atoms with Crippen molar-refractivity contribution in [3.05, 3.63) is 164 Å². The van der Waals surface area contributed by atoms with Crippen molar-refractivity contribution >= 4 is 75.1 Å². The van der Waals surface area contributed by atoms with E-state index in [2.05, 4.69) is 173 Å². The maximum atomic E-state index is 5.38. The highest BCUT2D eigenvalue weighted by molar-refractivity contribution is 7.26. The summed E-state index contributed by atoms with van der Waals surface area (Å²) < 4.78 is 6.81. The van der Waals surface area contributed by atoms with Gasteiger partial charge in [-0.3, -0.25) is 9.13 Å². The number of para-hydroxylation sites is 3. The molecule has 0 aliphatic rings. The van der Waals surface area contributed by atoms with Crippen molar-refractivity contribution in [2.24, 2.45) is 0 Å². The summed E-state index contributed by atoms with van der Waals surface area (Å²) in [5.41, 5.74) is 7.48. The van der Waals surface area contributed by atoms with Gasteiger partial charge in [-0.1, -0.05) is 127 Å². The van der Waals surface area contributed by atoms with Crippen molar-refractivity contribution < 1.29 is 0 Å². The van der Waals surface area contributed by atoms with E-state index in [1.54, 1.807) is 11.3 Å². The number of fused-ring (bicyclic) bond motifs is 9. The lowest BCUT2D eigenvalue weighted by molar-refractivity contribution is 0.893. The van der Waals surface area contributed by atoms with Crippen LogP contribution in [0.25, 0.3) is 98.2 Å². The van der Waals surface area contributed by atoms with Crippen molar-refractivity contribution in [3.63, 3.8) is 0 Å². The molecule has 0 spiro atoms. The van der Waals surface area contributed by atoms with Gasteiger partial charge in [0.2, 0.25) is 11.9 Å². The number of hydrogen-bond acceptors (Lipinski definition) is 4. The van der Waals surface area contributed by atoms with Crippen LogP contribution in [0.4, 0.5) is 0 Å². The molecule has 0 fully saturated rings. The minimum absolute atomic E-state index is 0.575. The van der Waals surface area contributed by atoms with E-state index in [4.69, 9.17) is 15.0 Å². The highest BCUT2D eigenvalue weighted by Gasteiger charge is 2.22. The first-order chi connectivity index (χ1) is 25.3. The molecule has 0 amide bonds. The molecule has 0 aliphatic carbocycles. The summed E-state index contributed by atoms with van der Waals surface area (Å²) in [4.78, 5) is 16.1. The molecule has 4 aromatic heterocycles. The Kier molecular flexibility index (Phi) is 6.05. The molecular weight excluding hydrogens is 643 g/mol. The first-order valence-electron chi connectivity index (χ1n) is 17.0. The van der Waals surface area contributed by atoms with Gasteiger partial charge in [-0.25, -0.2) is 0 Å². The maximum Gasteiger partial charge on any atom is 0.240 e. The summed E-state index contributed by atoms with van der Waals surface area (Å²) >= 11 is 1.79. The highest BCUT2D eigenvalue weighted by atomic mass is 32.1. The number of rotatable bonds is 4. The number of thiophene rings is 1. The first-order valence-corrected chi connectivity index (χ1v) is 17.9. The Labute approximate surface area is 296 Å². The minimum Gasteiger partial charge on any atom is -0.278 e. The predicted octanol–water partition coefficient (Wildman–Crippen LogP) is 11.8. The second kappa shape index (κ2) is 10.9. The molecule has 7 aromatic carbocycles. The van der Waals surface area contributed by atoms with Gasteiger partial charge < -0.3 is 0 Å². The molecule has 0 N–H and O–H groups in total. The predicted molar refractivity (Wildman–Crippen MR) is 212 cm³/mol. The monoisotopic (exact) mass is 669 g/mol. The fourth-order valence-electron chi connectivity index (χ4n) is 7.73. The van der Waals surface area contributed by atoms with Crippen molar-refractivity contribution in [2.75, 3.05) is 0 Å². The molecule has 0 saturated heterocycles. The summed E-state index contributed by atoms with van der Waals surface area (Å²) in [6, 6.07) is 57.8. The Bertz CT molecular complexity index is 3100. The molecule has 11 aromatic rings. The molecule has 0 unspecified atom stereocenters. The molecule has 4 heterocycles. The third-order valence-electron chi connectivity index (χ3n) is 10.0. The molecule has 11 rings (SSSR count). The molecule has 0 aliphatic heterocycles. The van der Waals surface area contributed by atoms with Crippen LogP contribution in [0.1, 0.15) is 0 Å². The van der Waals surface area contributed by atoms with Crippen LogP contribution < -0.4 is 0 Å². The van der Waals surface area contributed by atoms with E-state index >= 15 is 0 Å². The zero-order chi connectivity index (χ0) is 33.5. The molecule has 5 nitrogen and oxygen atoms in total. The minimum atomic E-state index is 0.575. The first kappa shape index (κ1) is 28.2. The summed E-state index contributed by atoms with van der Waals surface area (Å²) in [7, 11) is 0. The van der Waals surface area contributed by atoms with Crippen molar-refractivity contribution in [1.29, 1.82) is 0 Å². The lowest BCUT2D eigenvalue weighted by atomic mass is 10.0. The Morgan fingerprint density at radius 2 is 0.902 bits per heavy atom. The van der Waals surface area contributed by atoms with Gasteiger partial charge in [0.05, 0.1) is 22.1 Å². The van der Waals surface area contributed by atoms with Crippen LogP contribution in [0.3, 0.4) is 0 Å². The van der Waals surface area contributed by atoms with Gasteiger partial charge in [0, 0.05) is 47.3 Å². The lowest BCUT2D eigenvalue weighted by Gasteiger charge is -2.13. The van der Waals surface area contributed by atoms with Crippen molar-refractivity contribution in [2.45, 2.75) is 0 Å². The largest absolute Gasteiger partial charge is 0.278 e. The van der Waals surface area contributed by atoms with Crippen LogP contribution in [0.2, 0.25) is 0 Å². The molecule has 51 heavy (non-hydrogen) atoms. The van der Waals surface area contributed by atoms with E-state index in [1.165, 1.54) is 15.5 Å². The zero-order valence-corrected chi connectivity index (χ0v) is 28.0. The van der Waals surface area contributed by atoms with Gasteiger partial charge in [-0.15, -0.1) is 11.3 Å². The SMILES string of the molecule is c1ccc(-c2ccc3c4ccccc4n(-c4nc(-c5cccc6c5sc5ccccc56)nc(-n5c6ccccc6c6ccccc65)n4)c3c2)cc1. The molecule has 238 valence electrons.